The average Bonchev–Trinajstić information content (AvgIpc) is 2.55. The van der Waals surface area contributed by atoms with Gasteiger partial charge in [0.15, 0.2) is 0 Å². The molecule has 0 aliphatic carbocycles. The third kappa shape index (κ3) is 5.57. The Morgan fingerprint density at radius 3 is 2.17 bits per heavy atom. The molecule has 3 N–H and O–H groups in total. The minimum Gasteiger partial charge on any atom is -0.347 e. The van der Waals surface area contributed by atoms with E-state index in [0.717, 1.165) is 5.56 Å². The second-order valence-corrected chi connectivity index (χ2v) is 5.21. The molecular formula is C18H19N3O3. The van der Waals surface area contributed by atoms with E-state index in [-0.39, 0.29) is 5.91 Å². The maximum Gasteiger partial charge on any atom is 0.313 e. The van der Waals surface area contributed by atoms with Crippen molar-refractivity contribution < 1.29 is 14.4 Å². The van der Waals surface area contributed by atoms with Crippen LogP contribution in [0.5, 0.6) is 0 Å². The third-order valence-corrected chi connectivity index (χ3v) is 3.19. The molecule has 0 unspecified atom stereocenters. The second-order valence-electron chi connectivity index (χ2n) is 5.21. The van der Waals surface area contributed by atoms with Gasteiger partial charge in [0.1, 0.15) is 0 Å². The first-order chi connectivity index (χ1) is 11.5. The standard InChI is InChI=1S/C18H19N3O3/c1-13(22)20-15-8-5-9-16(12-15)21-18(24)17(23)19-11-10-14-6-3-2-4-7-14/h2-9,12H,10-11H2,1H3,(H,19,23)(H,20,22)(H,21,24). The van der Waals surface area contributed by atoms with Crippen molar-refractivity contribution in [2.24, 2.45) is 0 Å². The number of rotatable bonds is 5. The maximum atomic E-state index is 11.9. The summed E-state index contributed by atoms with van der Waals surface area (Å²) < 4.78 is 0. The Bertz CT molecular complexity index is 729. The first kappa shape index (κ1) is 17.2. The average molecular weight is 325 g/mol. The fourth-order valence-electron chi connectivity index (χ4n) is 2.11. The molecule has 0 bridgehead atoms. The normalized spacial score (nSPS) is 9.88. The molecule has 3 amide bonds. The van der Waals surface area contributed by atoms with E-state index in [4.69, 9.17) is 0 Å². The van der Waals surface area contributed by atoms with Crippen molar-refractivity contribution >= 4 is 29.1 Å². The van der Waals surface area contributed by atoms with Crippen molar-refractivity contribution in [3.05, 3.63) is 60.2 Å². The first-order valence-corrected chi connectivity index (χ1v) is 7.55. The van der Waals surface area contributed by atoms with E-state index in [9.17, 15) is 14.4 Å². The van der Waals surface area contributed by atoms with E-state index in [0.29, 0.717) is 24.3 Å². The summed E-state index contributed by atoms with van der Waals surface area (Å²) in [5.41, 5.74) is 2.07. The summed E-state index contributed by atoms with van der Waals surface area (Å²) in [5, 5.41) is 7.69. The number of hydrogen-bond acceptors (Lipinski definition) is 3. The lowest BCUT2D eigenvalue weighted by Gasteiger charge is -2.08. The summed E-state index contributed by atoms with van der Waals surface area (Å²) in [7, 11) is 0. The first-order valence-electron chi connectivity index (χ1n) is 7.55. The van der Waals surface area contributed by atoms with Gasteiger partial charge >= 0.3 is 11.8 Å². The Kier molecular flexibility index (Phi) is 6.08. The van der Waals surface area contributed by atoms with E-state index in [1.54, 1.807) is 24.3 Å². The van der Waals surface area contributed by atoms with Gasteiger partial charge in [-0.25, -0.2) is 0 Å². The smallest absolute Gasteiger partial charge is 0.313 e. The predicted octanol–water partition coefficient (Wildman–Crippen LogP) is 1.94. The Morgan fingerprint density at radius 1 is 0.833 bits per heavy atom. The molecule has 0 aliphatic rings. The summed E-state index contributed by atoms with van der Waals surface area (Å²) in [6, 6.07) is 16.3. The van der Waals surface area contributed by atoms with Crippen LogP contribution in [0.2, 0.25) is 0 Å². The van der Waals surface area contributed by atoms with Gasteiger partial charge in [0.25, 0.3) is 0 Å². The number of nitrogens with one attached hydrogen (secondary N) is 3. The summed E-state index contributed by atoms with van der Waals surface area (Å²) in [5.74, 6) is -1.66. The zero-order chi connectivity index (χ0) is 17.4. The fourth-order valence-corrected chi connectivity index (χ4v) is 2.11. The SMILES string of the molecule is CC(=O)Nc1cccc(NC(=O)C(=O)NCCc2ccccc2)c1. The maximum absolute atomic E-state index is 11.9. The molecule has 6 heteroatoms. The van der Waals surface area contributed by atoms with E-state index in [1.807, 2.05) is 30.3 Å². The minimum atomic E-state index is -0.747. The number of carbonyl (C=O) groups is 3. The minimum absolute atomic E-state index is 0.211. The van der Waals surface area contributed by atoms with Crippen molar-refractivity contribution in [2.45, 2.75) is 13.3 Å². The highest BCUT2D eigenvalue weighted by Crippen LogP contribution is 2.14. The number of hydrogen-bond donors (Lipinski definition) is 3. The van der Waals surface area contributed by atoms with E-state index in [1.165, 1.54) is 6.92 Å². The van der Waals surface area contributed by atoms with Crippen molar-refractivity contribution in [1.29, 1.82) is 0 Å². The summed E-state index contributed by atoms with van der Waals surface area (Å²) in [6.07, 6.45) is 0.651. The molecular weight excluding hydrogens is 306 g/mol. The molecule has 24 heavy (non-hydrogen) atoms. The molecule has 0 fully saturated rings. The van der Waals surface area contributed by atoms with Gasteiger partial charge in [0, 0.05) is 24.8 Å². The van der Waals surface area contributed by atoms with Gasteiger partial charge in [0.2, 0.25) is 5.91 Å². The topological polar surface area (TPSA) is 87.3 Å². The summed E-state index contributed by atoms with van der Waals surface area (Å²) >= 11 is 0. The molecule has 0 saturated carbocycles. The van der Waals surface area contributed by atoms with Crippen LogP contribution in [-0.2, 0) is 20.8 Å². The number of anilines is 2. The van der Waals surface area contributed by atoms with Crippen LogP contribution >= 0.6 is 0 Å². The van der Waals surface area contributed by atoms with E-state index < -0.39 is 11.8 Å². The van der Waals surface area contributed by atoms with Crippen LogP contribution in [0.15, 0.2) is 54.6 Å². The molecule has 2 rings (SSSR count). The van der Waals surface area contributed by atoms with Crippen LogP contribution < -0.4 is 16.0 Å². The van der Waals surface area contributed by atoms with Gasteiger partial charge < -0.3 is 16.0 Å². The van der Waals surface area contributed by atoms with E-state index >= 15 is 0 Å². The highest BCUT2D eigenvalue weighted by atomic mass is 16.2. The zero-order valence-corrected chi connectivity index (χ0v) is 13.3. The van der Waals surface area contributed by atoms with Gasteiger partial charge in [-0.15, -0.1) is 0 Å². The fraction of sp³-hybridized carbons (Fsp3) is 0.167. The number of carbonyl (C=O) groups excluding carboxylic acids is 3. The van der Waals surface area contributed by atoms with Crippen LogP contribution in [0.25, 0.3) is 0 Å². The molecule has 0 radical (unpaired) electrons. The molecule has 0 saturated heterocycles. The van der Waals surface area contributed by atoms with Crippen molar-refractivity contribution in [1.82, 2.24) is 5.32 Å². The zero-order valence-electron chi connectivity index (χ0n) is 13.3. The Labute approximate surface area is 140 Å². The highest BCUT2D eigenvalue weighted by molar-refractivity contribution is 6.39. The third-order valence-electron chi connectivity index (χ3n) is 3.19. The molecule has 124 valence electrons. The monoisotopic (exact) mass is 325 g/mol. The molecule has 2 aromatic carbocycles. The largest absolute Gasteiger partial charge is 0.347 e. The lowest BCUT2D eigenvalue weighted by molar-refractivity contribution is -0.136. The number of benzene rings is 2. The van der Waals surface area contributed by atoms with Gasteiger partial charge in [-0.05, 0) is 30.2 Å². The van der Waals surface area contributed by atoms with Crippen LogP contribution in [-0.4, -0.2) is 24.3 Å². The van der Waals surface area contributed by atoms with Gasteiger partial charge in [-0.1, -0.05) is 36.4 Å². The number of amides is 3. The lowest BCUT2D eigenvalue weighted by Crippen LogP contribution is -2.36. The predicted molar refractivity (Wildman–Crippen MR) is 92.5 cm³/mol. The van der Waals surface area contributed by atoms with Crippen molar-refractivity contribution in [3.63, 3.8) is 0 Å². The van der Waals surface area contributed by atoms with Crippen LogP contribution in [0.4, 0.5) is 11.4 Å². The van der Waals surface area contributed by atoms with Crippen LogP contribution in [0.1, 0.15) is 12.5 Å². The van der Waals surface area contributed by atoms with Crippen molar-refractivity contribution in [3.8, 4) is 0 Å². The Morgan fingerprint density at radius 2 is 1.50 bits per heavy atom. The molecule has 0 atom stereocenters. The van der Waals surface area contributed by atoms with Crippen molar-refractivity contribution in [2.75, 3.05) is 17.2 Å². The highest BCUT2D eigenvalue weighted by Gasteiger charge is 2.13. The molecule has 0 spiro atoms. The molecule has 6 nitrogen and oxygen atoms in total. The van der Waals surface area contributed by atoms with Gasteiger partial charge in [-0.3, -0.25) is 14.4 Å². The second kappa shape index (κ2) is 8.47. The quantitative estimate of drug-likeness (QED) is 0.734. The van der Waals surface area contributed by atoms with Gasteiger partial charge in [-0.2, -0.15) is 0 Å². The van der Waals surface area contributed by atoms with Gasteiger partial charge in [0.05, 0.1) is 0 Å². The Hall–Kier alpha value is -3.15. The summed E-state index contributed by atoms with van der Waals surface area (Å²) in [4.78, 5) is 34.7. The molecule has 2 aromatic rings. The van der Waals surface area contributed by atoms with Crippen LogP contribution in [0, 0.1) is 0 Å². The molecule has 0 aliphatic heterocycles. The summed E-state index contributed by atoms with van der Waals surface area (Å²) in [6.45, 7) is 1.77. The molecule has 0 heterocycles. The van der Waals surface area contributed by atoms with E-state index in [2.05, 4.69) is 16.0 Å². The lowest BCUT2D eigenvalue weighted by atomic mass is 10.1. The Balaban J connectivity index is 1.83. The molecule has 0 aromatic heterocycles. The van der Waals surface area contributed by atoms with Crippen LogP contribution in [0.3, 0.4) is 0 Å².